The fourth-order valence-corrected chi connectivity index (χ4v) is 5.73. The molecule has 43 heavy (non-hydrogen) atoms. The van der Waals surface area contributed by atoms with Gasteiger partial charge in [-0.05, 0) is 49.2 Å². The minimum atomic E-state index is -1.12. The van der Waals surface area contributed by atoms with E-state index in [-0.39, 0.29) is 24.5 Å². The zero-order chi connectivity index (χ0) is 29.3. The Morgan fingerprint density at radius 2 is 1.74 bits per heavy atom. The number of amides is 2. The number of ether oxygens (including phenoxy) is 3. The summed E-state index contributed by atoms with van der Waals surface area (Å²) < 4.78 is 20.8. The van der Waals surface area contributed by atoms with Gasteiger partial charge in [-0.1, -0.05) is 29.5 Å². The number of nitrogens with one attached hydrogen (secondary N) is 1. The minimum Gasteiger partial charge on any atom is -0.486 e. The molecule has 7 rings (SSSR count). The molecule has 2 aliphatic rings. The number of benzene rings is 3. The molecular formula is C31H31N7O5. The summed E-state index contributed by atoms with van der Waals surface area (Å²) in [5.74, 6) is 0.734. The van der Waals surface area contributed by atoms with E-state index in [9.17, 15) is 9.59 Å². The first-order valence-corrected chi connectivity index (χ1v) is 14.4. The number of carbonyl (C=O) groups is 2. The normalized spacial score (nSPS) is 16.8. The van der Waals surface area contributed by atoms with E-state index in [0.717, 1.165) is 18.4 Å². The summed E-state index contributed by atoms with van der Waals surface area (Å²) in [6.07, 6.45) is 1.73. The molecule has 3 aromatic carbocycles. The van der Waals surface area contributed by atoms with Crippen molar-refractivity contribution in [3.8, 4) is 11.5 Å². The van der Waals surface area contributed by atoms with Gasteiger partial charge in [-0.2, -0.15) is 0 Å². The Balaban J connectivity index is 1.34. The topological polar surface area (TPSA) is 126 Å². The Hall–Kier alpha value is -4.97. The van der Waals surface area contributed by atoms with Crippen molar-refractivity contribution in [1.29, 1.82) is 0 Å². The number of anilines is 1. The van der Waals surface area contributed by atoms with Crippen LogP contribution in [-0.2, 0) is 27.9 Å². The van der Waals surface area contributed by atoms with Gasteiger partial charge in [-0.15, -0.1) is 5.10 Å². The largest absolute Gasteiger partial charge is 0.486 e. The van der Waals surface area contributed by atoms with Crippen molar-refractivity contribution in [1.82, 2.24) is 29.9 Å². The van der Waals surface area contributed by atoms with E-state index in [1.807, 2.05) is 60.1 Å². The molecule has 1 N–H and O–H groups in total. The maximum absolute atomic E-state index is 14.5. The summed E-state index contributed by atoms with van der Waals surface area (Å²) in [4.78, 5) is 35.0. The number of hydrogen-bond donors (Lipinski definition) is 1. The van der Waals surface area contributed by atoms with Crippen LogP contribution in [0.1, 0.15) is 24.7 Å². The second-order valence-electron chi connectivity index (χ2n) is 10.6. The molecule has 2 aliphatic heterocycles. The lowest BCUT2D eigenvalue weighted by atomic mass is 10.1. The monoisotopic (exact) mass is 581 g/mol. The van der Waals surface area contributed by atoms with E-state index in [1.54, 1.807) is 22.9 Å². The summed E-state index contributed by atoms with van der Waals surface area (Å²) in [5.41, 5.74) is 3.39. The second-order valence-corrected chi connectivity index (χ2v) is 10.6. The van der Waals surface area contributed by atoms with Crippen LogP contribution in [0.3, 0.4) is 0 Å². The van der Waals surface area contributed by atoms with Crippen LogP contribution in [0.5, 0.6) is 11.5 Å². The zero-order valence-corrected chi connectivity index (χ0v) is 23.7. The van der Waals surface area contributed by atoms with Gasteiger partial charge in [0.1, 0.15) is 31.1 Å². The minimum absolute atomic E-state index is 0.0787. The molecule has 220 valence electrons. The molecule has 0 bridgehead atoms. The van der Waals surface area contributed by atoms with Gasteiger partial charge >= 0.3 is 0 Å². The van der Waals surface area contributed by atoms with Gasteiger partial charge in [0, 0.05) is 32.0 Å². The van der Waals surface area contributed by atoms with Gasteiger partial charge in [0.05, 0.1) is 22.7 Å². The zero-order valence-electron chi connectivity index (χ0n) is 23.7. The Morgan fingerprint density at radius 1 is 0.977 bits per heavy atom. The predicted molar refractivity (Wildman–Crippen MR) is 158 cm³/mol. The van der Waals surface area contributed by atoms with Gasteiger partial charge in [0.25, 0.3) is 5.91 Å². The molecule has 1 fully saturated rings. The quantitative estimate of drug-likeness (QED) is 0.296. The fourth-order valence-electron chi connectivity index (χ4n) is 5.73. The molecule has 4 heterocycles. The number of imidazole rings is 1. The molecule has 2 amide bonds. The van der Waals surface area contributed by atoms with Crippen LogP contribution < -0.4 is 19.7 Å². The van der Waals surface area contributed by atoms with Crippen LogP contribution in [0, 0.1) is 0 Å². The first-order chi connectivity index (χ1) is 21.1. The third kappa shape index (κ3) is 5.14. The van der Waals surface area contributed by atoms with Crippen LogP contribution in [0.4, 0.5) is 5.69 Å². The average Bonchev–Trinajstić information content (AvgIpc) is 3.78. The first kappa shape index (κ1) is 26.9. The van der Waals surface area contributed by atoms with Crippen LogP contribution in [0.2, 0.25) is 0 Å². The standard InChI is InChI=1S/C31H31N7O5/c1-36-24-10-4-2-8-22(24)33-30(36)29(31(40)32-18-21-7-6-14-41-21)38(20-12-13-26-27(17-20)43-16-15-42-26)28(39)19-37-25-11-5-3-9-23(25)34-35-37/h2-5,8-13,17,21,29H,6-7,14-16,18-19H2,1H3,(H,32,40)/t21-,29-/m0/s1. The van der Waals surface area contributed by atoms with Crippen molar-refractivity contribution in [2.45, 2.75) is 31.5 Å². The molecule has 0 saturated carbocycles. The van der Waals surface area contributed by atoms with Gasteiger partial charge in [-0.3, -0.25) is 14.5 Å². The number of aryl methyl sites for hydroxylation is 1. The smallest absolute Gasteiger partial charge is 0.251 e. The Bertz CT molecular complexity index is 1810. The highest BCUT2D eigenvalue weighted by atomic mass is 16.6. The van der Waals surface area contributed by atoms with E-state index < -0.39 is 6.04 Å². The van der Waals surface area contributed by atoms with Gasteiger partial charge in [0.15, 0.2) is 17.5 Å². The van der Waals surface area contributed by atoms with Gasteiger partial charge in [-0.25, -0.2) is 9.67 Å². The number of fused-ring (bicyclic) bond motifs is 3. The maximum Gasteiger partial charge on any atom is 0.251 e. The first-order valence-electron chi connectivity index (χ1n) is 14.4. The van der Waals surface area contributed by atoms with E-state index in [0.29, 0.717) is 65.9 Å². The molecule has 0 radical (unpaired) electrons. The highest BCUT2D eigenvalue weighted by molar-refractivity contribution is 6.02. The fraction of sp³-hybridized carbons (Fsp3) is 0.323. The van der Waals surface area contributed by atoms with Crippen molar-refractivity contribution in [2.75, 3.05) is 31.3 Å². The van der Waals surface area contributed by atoms with E-state index in [2.05, 4.69) is 15.6 Å². The molecule has 2 aromatic heterocycles. The molecule has 1 saturated heterocycles. The van der Waals surface area contributed by atoms with Crippen LogP contribution >= 0.6 is 0 Å². The molecule has 0 spiro atoms. The average molecular weight is 582 g/mol. The molecule has 0 unspecified atom stereocenters. The number of para-hydroxylation sites is 3. The van der Waals surface area contributed by atoms with E-state index in [4.69, 9.17) is 19.2 Å². The van der Waals surface area contributed by atoms with Crippen molar-refractivity contribution in [3.63, 3.8) is 0 Å². The molecule has 12 heteroatoms. The molecule has 5 aromatic rings. The second kappa shape index (κ2) is 11.4. The van der Waals surface area contributed by atoms with Crippen LogP contribution in [0.15, 0.2) is 66.7 Å². The van der Waals surface area contributed by atoms with Gasteiger partial charge < -0.3 is 24.1 Å². The number of hydrogen-bond acceptors (Lipinski definition) is 8. The molecule has 12 nitrogen and oxygen atoms in total. The molecule has 0 aliphatic carbocycles. The summed E-state index contributed by atoms with van der Waals surface area (Å²) in [6, 6.07) is 19.2. The summed E-state index contributed by atoms with van der Waals surface area (Å²) in [7, 11) is 1.85. The number of nitrogens with zero attached hydrogens (tertiary/aromatic N) is 6. The third-order valence-electron chi connectivity index (χ3n) is 7.88. The number of rotatable bonds is 8. The Labute approximate surface area is 247 Å². The van der Waals surface area contributed by atoms with Crippen molar-refractivity contribution < 1.29 is 23.8 Å². The van der Waals surface area contributed by atoms with Crippen LogP contribution in [0.25, 0.3) is 22.1 Å². The Kier molecular flexibility index (Phi) is 7.11. The van der Waals surface area contributed by atoms with E-state index in [1.165, 1.54) is 4.90 Å². The molecule has 2 atom stereocenters. The number of aromatic nitrogens is 5. The third-order valence-corrected chi connectivity index (χ3v) is 7.88. The summed E-state index contributed by atoms with van der Waals surface area (Å²) >= 11 is 0. The summed E-state index contributed by atoms with van der Waals surface area (Å²) in [6.45, 7) is 1.65. The molecular weight excluding hydrogens is 550 g/mol. The predicted octanol–water partition coefficient (Wildman–Crippen LogP) is 3.16. The van der Waals surface area contributed by atoms with E-state index >= 15 is 0 Å². The van der Waals surface area contributed by atoms with Crippen molar-refractivity contribution >= 4 is 39.6 Å². The van der Waals surface area contributed by atoms with Gasteiger partial charge in [0.2, 0.25) is 5.91 Å². The lowest BCUT2D eigenvalue weighted by Crippen LogP contribution is -2.47. The maximum atomic E-state index is 14.5. The lowest BCUT2D eigenvalue weighted by molar-refractivity contribution is -0.127. The highest BCUT2D eigenvalue weighted by Gasteiger charge is 2.37. The van der Waals surface area contributed by atoms with Crippen molar-refractivity contribution in [3.05, 3.63) is 72.6 Å². The van der Waals surface area contributed by atoms with Crippen LogP contribution in [-0.4, -0.2) is 68.8 Å². The SMILES string of the molecule is Cn1c([C@@H](C(=O)NC[C@@H]2CCCO2)N(C(=O)Cn2nnc3ccccc32)c2ccc3c(c2)OCCO3)nc2ccccc21. The highest BCUT2D eigenvalue weighted by Crippen LogP contribution is 2.37. The van der Waals surface area contributed by atoms with Crippen molar-refractivity contribution in [2.24, 2.45) is 7.05 Å². The lowest BCUT2D eigenvalue weighted by Gasteiger charge is -2.32. The number of carbonyl (C=O) groups excluding carboxylic acids is 2. The summed E-state index contributed by atoms with van der Waals surface area (Å²) in [5, 5.41) is 11.5. The Morgan fingerprint density at radius 3 is 2.53 bits per heavy atom.